The molecule has 1 aromatic heterocycles. The summed E-state index contributed by atoms with van der Waals surface area (Å²) in [5, 5.41) is 11.4. The van der Waals surface area contributed by atoms with Crippen LogP contribution < -0.4 is 10.9 Å². The maximum absolute atomic E-state index is 12.2. The van der Waals surface area contributed by atoms with E-state index in [2.05, 4.69) is 15.8 Å². The molecule has 0 radical (unpaired) electrons. The number of thioether (sulfide) groups is 1. The molecule has 0 aliphatic carbocycles. The summed E-state index contributed by atoms with van der Waals surface area (Å²) in [7, 11) is 0. The van der Waals surface area contributed by atoms with E-state index in [0.717, 1.165) is 19.4 Å². The van der Waals surface area contributed by atoms with Gasteiger partial charge in [0.25, 0.3) is 17.5 Å². The van der Waals surface area contributed by atoms with Gasteiger partial charge in [-0.05, 0) is 37.1 Å². The van der Waals surface area contributed by atoms with Gasteiger partial charge in [0.2, 0.25) is 0 Å². The van der Waals surface area contributed by atoms with Crippen molar-refractivity contribution in [3.8, 4) is 0 Å². The number of nitro benzene ring substituents is 1. The Morgan fingerprint density at radius 2 is 1.89 bits per heavy atom. The Balaban J connectivity index is 1.64. The van der Waals surface area contributed by atoms with Crippen LogP contribution in [0.2, 0.25) is 0 Å². The molecule has 1 atom stereocenters. The lowest BCUT2D eigenvalue weighted by Gasteiger charge is -2.10. The van der Waals surface area contributed by atoms with E-state index >= 15 is 0 Å². The highest BCUT2D eigenvalue weighted by molar-refractivity contribution is 7.99. The summed E-state index contributed by atoms with van der Waals surface area (Å²) >= 11 is 1.33. The molecule has 3 rings (SSSR count). The number of pyridine rings is 1. The number of rotatable bonds is 6. The Morgan fingerprint density at radius 1 is 1.18 bits per heavy atom. The minimum Gasteiger partial charge on any atom is -0.377 e. The number of hydrazine groups is 1. The third kappa shape index (κ3) is 5.05. The first-order valence-electron chi connectivity index (χ1n) is 8.58. The molecule has 2 aromatic rings. The summed E-state index contributed by atoms with van der Waals surface area (Å²) in [6.45, 7) is 0.720. The summed E-state index contributed by atoms with van der Waals surface area (Å²) in [5.74, 6) is -0.552. The quantitative estimate of drug-likeness (QED) is 0.432. The van der Waals surface area contributed by atoms with Crippen LogP contribution in [-0.2, 0) is 4.74 Å². The van der Waals surface area contributed by atoms with Crippen molar-refractivity contribution in [2.75, 3.05) is 12.4 Å². The third-order valence-electron chi connectivity index (χ3n) is 4.10. The van der Waals surface area contributed by atoms with Crippen molar-refractivity contribution in [2.45, 2.75) is 23.8 Å². The molecular weight excluding hydrogens is 384 g/mol. The van der Waals surface area contributed by atoms with Gasteiger partial charge in [-0.25, -0.2) is 0 Å². The predicted octanol–water partition coefficient (Wildman–Crippen LogP) is 2.34. The van der Waals surface area contributed by atoms with E-state index < -0.39 is 16.7 Å². The molecule has 0 saturated carbocycles. The maximum atomic E-state index is 12.2. The molecule has 146 valence electrons. The number of ether oxygens (including phenoxy) is 1. The van der Waals surface area contributed by atoms with Gasteiger partial charge >= 0.3 is 0 Å². The topological polar surface area (TPSA) is 123 Å². The molecule has 0 bridgehead atoms. The standard InChI is InChI=1S/C18H18N4O5S/c23-17(12-5-7-19-8-6-12)20-21-18(24)13-3-4-16(15(10-13)22(25)26)28-11-14-2-1-9-27-14/h3-8,10,14H,1-2,9,11H2,(H,20,23)(H,21,24). The molecule has 2 amide bonds. The molecule has 10 heteroatoms. The van der Waals surface area contributed by atoms with E-state index in [9.17, 15) is 19.7 Å². The van der Waals surface area contributed by atoms with Gasteiger partial charge in [-0.1, -0.05) is 0 Å². The monoisotopic (exact) mass is 402 g/mol. The molecule has 1 unspecified atom stereocenters. The Morgan fingerprint density at radius 3 is 2.54 bits per heavy atom. The number of amides is 2. The van der Waals surface area contributed by atoms with Crippen LogP contribution in [0, 0.1) is 10.1 Å². The van der Waals surface area contributed by atoms with Gasteiger partial charge < -0.3 is 4.74 Å². The fraction of sp³-hybridized carbons (Fsp3) is 0.278. The summed E-state index contributed by atoms with van der Waals surface area (Å²) < 4.78 is 5.53. The van der Waals surface area contributed by atoms with Crippen molar-refractivity contribution < 1.29 is 19.2 Å². The number of nitrogens with zero attached hydrogens (tertiary/aromatic N) is 2. The molecule has 1 fully saturated rings. The highest BCUT2D eigenvalue weighted by Crippen LogP contribution is 2.32. The van der Waals surface area contributed by atoms with Crippen molar-refractivity contribution in [1.82, 2.24) is 15.8 Å². The summed E-state index contributed by atoms with van der Waals surface area (Å²) in [5.41, 5.74) is 4.75. The van der Waals surface area contributed by atoms with Gasteiger partial charge in [0.05, 0.1) is 15.9 Å². The first kappa shape index (κ1) is 19.8. The van der Waals surface area contributed by atoms with Gasteiger partial charge in [0.15, 0.2) is 0 Å². The number of carbonyl (C=O) groups excluding carboxylic acids is 2. The van der Waals surface area contributed by atoms with E-state index in [4.69, 9.17) is 4.74 Å². The fourth-order valence-corrected chi connectivity index (χ4v) is 3.72. The van der Waals surface area contributed by atoms with E-state index in [0.29, 0.717) is 16.2 Å². The molecule has 28 heavy (non-hydrogen) atoms. The van der Waals surface area contributed by atoms with Gasteiger partial charge in [-0.2, -0.15) is 0 Å². The minimum atomic E-state index is -0.652. The smallest absolute Gasteiger partial charge is 0.283 e. The molecule has 1 aliphatic rings. The van der Waals surface area contributed by atoms with E-state index in [1.807, 2.05) is 0 Å². The van der Waals surface area contributed by atoms with Crippen LogP contribution in [0.3, 0.4) is 0 Å². The van der Waals surface area contributed by atoms with E-state index in [1.54, 1.807) is 0 Å². The number of nitrogens with one attached hydrogen (secondary N) is 2. The van der Waals surface area contributed by atoms with Gasteiger partial charge in [-0.15, -0.1) is 11.8 Å². The zero-order chi connectivity index (χ0) is 19.9. The zero-order valence-electron chi connectivity index (χ0n) is 14.8. The molecule has 9 nitrogen and oxygen atoms in total. The predicted molar refractivity (Wildman–Crippen MR) is 102 cm³/mol. The van der Waals surface area contributed by atoms with Crippen molar-refractivity contribution in [1.29, 1.82) is 0 Å². The first-order valence-corrected chi connectivity index (χ1v) is 9.56. The lowest BCUT2D eigenvalue weighted by molar-refractivity contribution is -0.387. The Hall–Kier alpha value is -2.98. The number of benzene rings is 1. The van der Waals surface area contributed by atoms with Crippen molar-refractivity contribution in [3.63, 3.8) is 0 Å². The number of hydrogen-bond acceptors (Lipinski definition) is 7. The maximum Gasteiger partial charge on any atom is 0.283 e. The fourth-order valence-electron chi connectivity index (χ4n) is 2.64. The van der Waals surface area contributed by atoms with Crippen LogP contribution in [-0.4, -0.2) is 40.2 Å². The molecule has 2 N–H and O–H groups in total. The van der Waals surface area contributed by atoms with Gasteiger partial charge in [-0.3, -0.25) is 35.5 Å². The van der Waals surface area contributed by atoms with Crippen LogP contribution in [0.1, 0.15) is 33.6 Å². The van der Waals surface area contributed by atoms with Crippen LogP contribution in [0.25, 0.3) is 0 Å². The normalized spacial score (nSPS) is 15.8. The second kappa shape index (κ2) is 9.29. The summed E-state index contributed by atoms with van der Waals surface area (Å²) in [4.78, 5) is 39.3. The molecule has 1 aromatic carbocycles. The number of hydrogen-bond donors (Lipinski definition) is 2. The Labute approximate surface area is 165 Å². The molecule has 2 heterocycles. The molecule has 1 aliphatic heterocycles. The summed E-state index contributed by atoms with van der Waals surface area (Å²) in [6.07, 6.45) is 4.94. The largest absolute Gasteiger partial charge is 0.377 e. The number of nitro groups is 1. The lowest BCUT2D eigenvalue weighted by Crippen LogP contribution is -2.41. The second-order valence-corrected chi connectivity index (χ2v) is 7.09. The van der Waals surface area contributed by atoms with Gasteiger partial charge in [0, 0.05) is 41.9 Å². The van der Waals surface area contributed by atoms with Crippen LogP contribution >= 0.6 is 11.8 Å². The first-order chi connectivity index (χ1) is 13.5. The van der Waals surface area contributed by atoms with Crippen LogP contribution in [0.5, 0.6) is 0 Å². The highest BCUT2D eigenvalue weighted by Gasteiger charge is 2.21. The number of aromatic nitrogens is 1. The highest BCUT2D eigenvalue weighted by atomic mass is 32.2. The van der Waals surface area contributed by atoms with E-state index in [-0.39, 0.29) is 17.4 Å². The molecule has 1 saturated heterocycles. The van der Waals surface area contributed by atoms with Crippen LogP contribution in [0.4, 0.5) is 5.69 Å². The Kier molecular flexibility index (Phi) is 6.56. The second-order valence-electron chi connectivity index (χ2n) is 6.03. The van der Waals surface area contributed by atoms with Gasteiger partial charge in [0.1, 0.15) is 0 Å². The van der Waals surface area contributed by atoms with Crippen molar-refractivity contribution in [2.24, 2.45) is 0 Å². The molecule has 0 spiro atoms. The zero-order valence-corrected chi connectivity index (χ0v) is 15.6. The van der Waals surface area contributed by atoms with Crippen molar-refractivity contribution >= 4 is 29.3 Å². The number of carbonyl (C=O) groups is 2. The van der Waals surface area contributed by atoms with Crippen molar-refractivity contribution in [3.05, 3.63) is 64.0 Å². The average Bonchev–Trinajstić information content (AvgIpc) is 3.24. The molecular formula is C18H18N4O5S. The average molecular weight is 402 g/mol. The SMILES string of the molecule is O=C(NNC(=O)c1ccc(SCC2CCCO2)c([N+](=O)[O-])c1)c1ccncc1. The van der Waals surface area contributed by atoms with E-state index in [1.165, 1.54) is 54.5 Å². The third-order valence-corrected chi connectivity index (χ3v) is 5.29. The minimum absolute atomic E-state index is 0.0724. The lowest BCUT2D eigenvalue weighted by atomic mass is 10.2. The summed E-state index contributed by atoms with van der Waals surface area (Å²) in [6, 6.07) is 7.21. The van der Waals surface area contributed by atoms with Crippen LogP contribution in [0.15, 0.2) is 47.6 Å². The Bertz CT molecular complexity index is 872.